The Bertz CT molecular complexity index is 868. The molecule has 1 saturated heterocycles. The van der Waals surface area contributed by atoms with Gasteiger partial charge in [0.1, 0.15) is 11.3 Å². The summed E-state index contributed by atoms with van der Waals surface area (Å²) in [5.41, 5.74) is 0.133. The third kappa shape index (κ3) is 3.03. The van der Waals surface area contributed by atoms with Gasteiger partial charge in [-0.1, -0.05) is 0 Å². The Balaban J connectivity index is 1.77. The van der Waals surface area contributed by atoms with Crippen molar-refractivity contribution >= 4 is 22.7 Å². The van der Waals surface area contributed by atoms with Gasteiger partial charge in [0, 0.05) is 30.7 Å². The summed E-state index contributed by atoms with van der Waals surface area (Å²) < 4.78 is 5.38. The van der Waals surface area contributed by atoms with Gasteiger partial charge in [-0.05, 0) is 25.3 Å². The number of nitriles is 1. The van der Waals surface area contributed by atoms with Crippen molar-refractivity contribution in [1.82, 2.24) is 15.0 Å². The number of H-pyrrole nitrogens is 1. The Morgan fingerprint density at radius 3 is 2.96 bits per heavy atom. The highest BCUT2D eigenvalue weighted by Crippen LogP contribution is 2.30. The highest BCUT2D eigenvalue weighted by Gasteiger charge is 2.28. The van der Waals surface area contributed by atoms with E-state index >= 15 is 0 Å². The van der Waals surface area contributed by atoms with Gasteiger partial charge in [0.25, 0.3) is 5.56 Å². The minimum atomic E-state index is -0.235. The van der Waals surface area contributed by atoms with Gasteiger partial charge in [-0.15, -0.1) is 0 Å². The fraction of sp³-hybridized carbons (Fsp3) is 0.529. The Morgan fingerprint density at radius 2 is 2.16 bits per heavy atom. The average molecular weight is 340 g/mol. The van der Waals surface area contributed by atoms with E-state index in [4.69, 9.17) is 4.74 Å². The monoisotopic (exact) mass is 340 g/mol. The highest BCUT2D eigenvalue weighted by molar-refractivity contribution is 5.89. The number of nitrogens with one attached hydrogen (secondary N) is 2. The molecule has 1 saturated carbocycles. The Kier molecular flexibility index (Phi) is 4.24. The van der Waals surface area contributed by atoms with E-state index in [-0.39, 0.29) is 17.5 Å². The van der Waals surface area contributed by atoms with Crippen LogP contribution < -0.4 is 15.8 Å². The second-order valence-corrected chi connectivity index (χ2v) is 6.46. The smallest absolute Gasteiger partial charge is 0.274 e. The average Bonchev–Trinajstić information content (AvgIpc) is 3.10. The predicted octanol–water partition coefficient (Wildman–Crippen LogP) is 1.26. The first-order chi connectivity index (χ1) is 12.3. The number of fused-ring (bicyclic) bond motifs is 1. The number of aromatic nitrogens is 3. The van der Waals surface area contributed by atoms with Crippen molar-refractivity contribution < 1.29 is 4.74 Å². The third-order valence-electron chi connectivity index (χ3n) is 4.91. The molecule has 1 aliphatic heterocycles. The molecule has 2 aliphatic rings. The SMILES string of the molecule is N#CC1CCCC1Nc1nc(N2CCOCC2)nc2c(=O)[nH]ccc12. The molecule has 2 atom stereocenters. The molecule has 8 heteroatoms. The topological polar surface area (TPSA) is 107 Å². The van der Waals surface area contributed by atoms with Crippen LogP contribution in [-0.4, -0.2) is 47.3 Å². The zero-order valence-electron chi connectivity index (χ0n) is 13.9. The van der Waals surface area contributed by atoms with Crippen molar-refractivity contribution in [3.8, 4) is 6.07 Å². The lowest BCUT2D eigenvalue weighted by Gasteiger charge is -2.27. The van der Waals surface area contributed by atoms with Crippen LogP contribution in [0, 0.1) is 17.2 Å². The van der Waals surface area contributed by atoms with E-state index in [0.717, 1.165) is 19.3 Å². The lowest BCUT2D eigenvalue weighted by atomic mass is 10.1. The maximum atomic E-state index is 12.3. The summed E-state index contributed by atoms with van der Waals surface area (Å²) in [6, 6.07) is 4.23. The number of pyridine rings is 1. The van der Waals surface area contributed by atoms with Crippen molar-refractivity contribution in [2.45, 2.75) is 25.3 Å². The van der Waals surface area contributed by atoms with Crippen LogP contribution in [-0.2, 0) is 4.74 Å². The minimum Gasteiger partial charge on any atom is -0.378 e. The summed E-state index contributed by atoms with van der Waals surface area (Å²) in [4.78, 5) is 26.1. The summed E-state index contributed by atoms with van der Waals surface area (Å²) in [7, 11) is 0. The van der Waals surface area contributed by atoms with Crippen LogP contribution in [0.5, 0.6) is 0 Å². The highest BCUT2D eigenvalue weighted by atomic mass is 16.5. The van der Waals surface area contributed by atoms with E-state index in [0.29, 0.717) is 49.0 Å². The molecule has 0 spiro atoms. The van der Waals surface area contributed by atoms with E-state index in [9.17, 15) is 10.1 Å². The van der Waals surface area contributed by atoms with E-state index in [1.54, 1.807) is 12.3 Å². The van der Waals surface area contributed by atoms with Gasteiger partial charge in [0.05, 0.1) is 25.2 Å². The van der Waals surface area contributed by atoms with Gasteiger partial charge in [0.15, 0.2) is 0 Å². The zero-order chi connectivity index (χ0) is 17.2. The molecule has 25 heavy (non-hydrogen) atoms. The van der Waals surface area contributed by atoms with Crippen LogP contribution in [0.4, 0.5) is 11.8 Å². The fourth-order valence-corrected chi connectivity index (χ4v) is 3.54. The largest absolute Gasteiger partial charge is 0.378 e. The van der Waals surface area contributed by atoms with Gasteiger partial charge in [-0.2, -0.15) is 10.2 Å². The second-order valence-electron chi connectivity index (χ2n) is 6.46. The molecule has 4 rings (SSSR count). The van der Waals surface area contributed by atoms with Crippen molar-refractivity contribution in [2.75, 3.05) is 36.5 Å². The van der Waals surface area contributed by atoms with E-state index < -0.39 is 0 Å². The van der Waals surface area contributed by atoms with Gasteiger partial charge < -0.3 is 19.9 Å². The molecule has 0 radical (unpaired) electrons. The second kappa shape index (κ2) is 6.69. The Hall–Kier alpha value is -2.66. The standard InChI is InChI=1S/C17H20N6O2/c18-10-11-2-1-3-13(11)20-15-12-4-5-19-16(24)14(12)21-17(22-15)23-6-8-25-9-7-23/h4-5,11,13H,1-3,6-9H2,(H,19,24)(H,20,21,22). The number of rotatable bonds is 3. The number of hydrogen-bond donors (Lipinski definition) is 2. The van der Waals surface area contributed by atoms with Crippen molar-refractivity contribution in [1.29, 1.82) is 5.26 Å². The molecule has 0 aromatic carbocycles. The van der Waals surface area contributed by atoms with E-state index in [1.807, 2.05) is 4.90 Å². The summed E-state index contributed by atoms with van der Waals surface area (Å²) in [6.07, 6.45) is 4.45. The first-order valence-electron chi connectivity index (χ1n) is 8.64. The molecule has 0 bridgehead atoms. The molecule has 3 heterocycles. The first kappa shape index (κ1) is 15.8. The molecule has 2 unspecified atom stereocenters. The maximum absolute atomic E-state index is 12.3. The van der Waals surface area contributed by atoms with Gasteiger partial charge >= 0.3 is 0 Å². The summed E-state index contributed by atoms with van der Waals surface area (Å²) in [6.45, 7) is 2.63. The van der Waals surface area contributed by atoms with Crippen LogP contribution in [0.2, 0.25) is 0 Å². The molecule has 2 fully saturated rings. The summed E-state index contributed by atoms with van der Waals surface area (Å²) in [5, 5.41) is 13.4. The molecule has 2 aromatic heterocycles. The number of ether oxygens (including phenoxy) is 1. The Labute approximate surface area is 144 Å². The quantitative estimate of drug-likeness (QED) is 0.866. The maximum Gasteiger partial charge on any atom is 0.274 e. The molecule has 130 valence electrons. The fourth-order valence-electron chi connectivity index (χ4n) is 3.54. The molecule has 1 aliphatic carbocycles. The third-order valence-corrected chi connectivity index (χ3v) is 4.91. The first-order valence-corrected chi connectivity index (χ1v) is 8.64. The lowest BCUT2D eigenvalue weighted by molar-refractivity contribution is 0.122. The minimum absolute atomic E-state index is 0.0288. The number of anilines is 2. The molecule has 2 N–H and O–H groups in total. The molecular weight excluding hydrogens is 320 g/mol. The van der Waals surface area contributed by atoms with Crippen molar-refractivity contribution in [3.05, 3.63) is 22.6 Å². The molecule has 2 aromatic rings. The van der Waals surface area contributed by atoms with Gasteiger partial charge in [-0.25, -0.2) is 4.98 Å². The zero-order valence-corrected chi connectivity index (χ0v) is 13.9. The molecule has 8 nitrogen and oxygen atoms in total. The Morgan fingerprint density at radius 1 is 1.32 bits per heavy atom. The molecular formula is C17H20N6O2. The summed E-state index contributed by atoms with van der Waals surface area (Å²) in [5.74, 6) is 1.13. The van der Waals surface area contributed by atoms with Crippen LogP contribution in [0.15, 0.2) is 17.1 Å². The van der Waals surface area contributed by atoms with E-state index in [1.165, 1.54) is 0 Å². The van der Waals surface area contributed by atoms with E-state index in [2.05, 4.69) is 26.3 Å². The predicted molar refractivity (Wildman–Crippen MR) is 93.6 cm³/mol. The van der Waals surface area contributed by atoms with Crippen LogP contribution in [0.25, 0.3) is 10.9 Å². The van der Waals surface area contributed by atoms with Crippen LogP contribution >= 0.6 is 0 Å². The van der Waals surface area contributed by atoms with Gasteiger partial charge in [0.2, 0.25) is 5.95 Å². The normalized spacial score (nSPS) is 23.6. The number of nitrogens with zero attached hydrogens (tertiary/aromatic N) is 4. The van der Waals surface area contributed by atoms with Crippen LogP contribution in [0.3, 0.4) is 0 Å². The van der Waals surface area contributed by atoms with Gasteiger partial charge in [-0.3, -0.25) is 4.79 Å². The van der Waals surface area contributed by atoms with Crippen molar-refractivity contribution in [3.63, 3.8) is 0 Å². The summed E-state index contributed by atoms with van der Waals surface area (Å²) >= 11 is 0. The number of hydrogen-bond acceptors (Lipinski definition) is 7. The molecule has 0 amide bonds. The van der Waals surface area contributed by atoms with Crippen LogP contribution in [0.1, 0.15) is 19.3 Å². The van der Waals surface area contributed by atoms with Crippen molar-refractivity contribution in [2.24, 2.45) is 5.92 Å². The lowest BCUT2D eigenvalue weighted by Crippen LogP contribution is -2.37. The number of aromatic amines is 1. The number of morpholine rings is 1.